The Hall–Kier alpha value is -3.79. The molecule has 1 aliphatic heterocycles. The van der Waals surface area contributed by atoms with E-state index in [0.717, 1.165) is 60.8 Å². The smallest absolute Gasteiger partial charge is 0.354 e. The first kappa shape index (κ1) is 22.0. The van der Waals surface area contributed by atoms with Crippen molar-refractivity contribution in [3.8, 4) is 11.1 Å². The van der Waals surface area contributed by atoms with E-state index in [1.807, 2.05) is 36.5 Å². The molecular weight excluding hydrogens is 443 g/mol. The minimum Gasteiger partial charge on any atom is -0.354 e. The molecule has 34 heavy (non-hydrogen) atoms. The van der Waals surface area contributed by atoms with Crippen molar-refractivity contribution in [1.29, 1.82) is 0 Å². The molecule has 3 aromatic heterocycles. The summed E-state index contributed by atoms with van der Waals surface area (Å²) in [5.41, 5.74) is 1.94. The van der Waals surface area contributed by atoms with E-state index in [1.54, 1.807) is 6.20 Å². The number of halogens is 3. The van der Waals surface area contributed by atoms with Crippen LogP contribution in [0.25, 0.3) is 22.0 Å². The van der Waals surface area contributed by atoms with Crippen LogP contribution < -0.4 is 10.2 Å². The average Bonchev–Trinajstić information content (AvgIpc) is 2.84. The Bertz CT molecular complexity index is 1280. The molecule has 0 spiro atoms. The van der Waals surface area contributed by atoms with Crippen LogP contribution in [0.15, 0.2) is 61.1 Å². The van der Waals surface area contributed by atoms with E-state index in [-0.39, 0.29) is 5.95 Å². The quantitative estimate of drug-likeness (QED) is 0.472. The van der Waals surface area contributed by atoms with Gasteiger partial charge in [-0.2, -0.15) is 13.2 Å². The number of hydrogen-bond donors (Lipinski definition) is 1. The largest absolute Gasteiger partial charge is 0.433 e. The first-order chi connectivity index (χ1) is 16.4. The summed E-state index contributed by atoms with van der Waals surface area (Å²) in [5.74, 6) is 1.22. The van der Waals surface area contributed by atoms with Crippen LogP contribution in [0.3, 0.4) is 0 Å². The number of likely N-dealkylation sites (N-methyl/N-ethyl adjacent to an activating group) is 1. The normalized spacial score (nSPS) is 15.0. The van der Waals surface area contributed by atoms with Gasteiger partial charge >= 0.3 is 6.18 Å². The van der Waals surface area contributed by atoms with Gasteiger partial charge in [-0.25, -0.2) is 19.9 Å². The maximum atomic E-state index is 12.8. The highest BCUT2D eigenvalue weighted by Crippen LogP contribution is 2.30. The first-order valence-corrected chi connectivity index (χ1v) is 10.8. The molecule has 0 aliphatic carbocycles. The van der Waals surface area contributed by atoms with Crippen molar-refractivity contribution in [2.45, 2.75) is 6.18 Å². The monoisotopic (exact) mass is 465 g/mol. The van der Waals surface area contributed by atoms with Crippen molar-refractivity contribution in [3.05, 3.63) is 66.7 Å². The molecule has 5 rings (SSSR count). The number of alkyl halides is 3. The first-order valence-electron chi connectivity index (χ1n) is 10.8. The number of hydrogen-bond acceptors (Lipinski definition) is 7. The second-order valence-corrected chi connectivity index (χ2v) is 8.19. The number of piperazine rings is 1. The lowest BCUT2D eigenvalue weighted by molar-refractivity contribution is -0.141. The van der Waals surface area contributed by atoms with Crippen LogP contribution in [0.5, 0.6) is 0 Å². The van der Waals surface area contributed by atoms with Gasteiger partial charge in [0.25, 0.3) is 0 Å². The Balaban J connectivity index is 1.41. The van der Waals surface area contributed by atoms with Gasteiger partial charge in [0.05, 0.1) is 17.4 Å². The molecule has 0 atom stereocenters. The molecule has 7 nitrogen and oxygen atoms in total. The summed E-state index contributed by atoms with van der Waals surface area (Å²) in [6, 6.07) is 12.1. The predicted octanol–water partition coefficient (Wildman–Crippen LogP) is 4.60. The third-order valence-corrected chi connectivity index (χ3v) is 5.81. The predicted molar refractivity (Wildman–Crippen MR) is 125 cm³/mol. The topological polar surface area (TPSA) is 70.1 Å². The van der Waals surface area contributed by atoms with Gasteiger partial charge in [0.1, 0.15) is 11.5 Å². The summed E-state index contributed by atoms with van der Waals surface area (Å²) >= 11 is 0. The Kier molecular flexibility index (Phi) is 5.74. The number of rotatable bonds is 4. The second-order valence-electron chi connectivity index (χ2n) is 8.19. The Morgan fingerprint density at radius 3 is 2.35 bits per heavy atom. The van der Waals surface area contributed by atoms with E-state index in [9.17, 15) is 13.2 Å². The van der Waals surface area contributed by atoms with Crippen LogP contribution in [-0.4, -0.2) is 58.1 Å². The summed E-state index contributed by atoms with van der Waals surface area (Å²) in [6.45, 7) is 3.90. The molecule has 0 amide bonds. The lowest BCUT2D eigenvalue weighted by Gasteiger charge is -2.33. The fourth-order valence-electron chi connectivity index (χ4n) is 3.88. The SMILES string of the molecule is CN1CCN(c2ccc(-c3cccc4cnc(Nc5ccc(C(F)(F)F)nc5)nc34)cn2)CC1. The highest BCUT2D eigenvalue weighted by Gasteiger charge is 2.32. The molecule has 0 radical (unpaired) electrons. The molecule has 0 unspecified atom stereocenters. The minimum absolute atomic E-state index is 0.267. The standard InChI is InChI=1S/C24H22F3N7/c1-33-9-11-34(12-10-33)21-8-5-16(13-29-21)19-4-2-3-17-14-30-23(32-22(17)19)31-18-6-7-20(28-15-18)24(25,26)27/h2-8,13-15H,9-12H2,1H3,(H,30,31,32). The number of anilines is 3. The average molecular weight is 465 g/mol. The van der Waals surface area contributed by atoms with Gasteiger partial charge in [0.15, 0.2) is 0 Å². The Morgan fingerprint density at radius 1 is 0.853 bits per heavy atom. The van der Waals surface area contributed by atoms with Gasteiger partial charge in [-0.3, -0.25) is 0 Å². The van der Waals surface area contributed by atoms with E-state index in [4.69, 9.17) is 0 Å². The van der Waals surface area contributed by atoms with E-state index >= 15 is 0 Å². The number of benzene rings is 1. The van der Waals surface area contributed by atoms with Crippen molar-refractivity contribution >= 4 is 28.4 Å². The van der Waals surface area contributed by atoms with E-state index in [1.165, 1.54) is 6.07 Å². The molecule has 0 saturated carbocycles. The van der Waals surface area contributed by atoms with Crippen molar-refractivity contribution in [2.24, 2.45) is 0 Å². The highest BCUT2D eigenvalue weighted by atomic mass is 19.4. The molecule has 1 N–H and O–H groups in total. The van der Waals surface area contributed by atoms with Gasteiger partial charge in [-0.1, -0.05) is 18.2 Å². The maximum absolute atomic E-state index is 12.8. The van der Waals surface area contributed by atoms with Crippen molar-refractivity contribution in [2.75, 3.05) is 43.4 Å². The Morgan fingerprint density at radius 2 is 1.68 bits per heavy atom. The molecule has 1 aromatic carbocycles. The minimum atomic E-state index is -4.49. The molecular formula is C24H22F3N7. The number of pyridine rings is 2. The van der Waals surface area contributed by atoms with E-state index in [2.05, 4.69) is 42.1 Å². The summed E-state index contributed by atoms with van der Waals surface area (Å²) < 4.78 is 38.3. The van der Waals surface area contributed by atoms with Crippen LogP contribution in [0.2, 0.25) is 0 Å². The molecule has 0 bridgehead atoms. The van der Waals surface area contributed by atoms with Crippen LogP contribution in [0.1, 0.15) is 5.69 Å². The third kappa shape index (κ3) is 4.62. The fraction of sp³-hybridized carbons (Fsp3) is 0.250. The molecule has 4 heterocycles. The van der Waals surface area contributed by atoms with Crippen LogP contribution in [0, 0.1) is 0 Å². The zero-order valence-electron chi connectivity index (χ0n) is 18.4. The van der Waals surface area contributed by atoms with Gasteiger partial charge in [0.2, 0.25) is 5.95 Å². The Labute approximate surface area is 194 Å². The van der Waals surface area contributed by atoms with Crippen LogP contribution in [0.4, 0.5) is 30.6 Å². The summed E-state index contributed by atoms with van der Waals surface area (Å²) in [7, 11) is 2.12. The number of nitrogens with one attached hydrogen (secondary N) is 1. The molecule has 174 valence electrons. The fourth-order valence-corrected chi connectivity index (χ4v) is 3.88. The molecule has 1 fully saturated rings. The maximum Gasteiger partial charge on any atom is 0.433 e. The van der Waals surface area contributed by atoms with Crippen molar-refractivity contribution in [1.82, 2.24) is 24.8 Å². The van der Waals surface area contributed by atoms with Gasteiger partial charge in [0, 0.05) is 55.1 Å². The molecule has 1 saturated heterocycles. The zero-order chi connectivity index (χ0) is 23.7. The van der Waals surface area contributed by atoms with Crippen LogP contribution in [-0.2, 0) is 6.18 Å². The number of para-hydroxylation sites is 1. The molecule has 1 aliphatic rings. The van der Waals surface area contributed by atoms with Crippen molar-refractivity contribution < 1.29 is 13.2 Å². The summed E-state index contributed by atoms with van der Waals surface area (Å²) in [4.78, 5) is 21.6. The number of nitrogens with zero attached hydrogens (tertiary/aromatic N) is 6. The summed E-state index contributed by atoms with van der Waals surface area (Å²) in [5, 5.41) is 3.77. The lowest BCUT2D eigenvalue weighted by atomic mass is 10.0. The second kappa shape index (κ2) is 8.86. The highest BCUT2D eigenvalue weighted by molar-refractivity contribution is 5.93. The zero-order valence-corrected chi connectivity index (χ0v) is 18.4. The van der Waals surface area contributed by atoms with Crippen LogP contribution >= 0.6 is 0 Å². The summed E-state index contributed by atoms with van der Waals surface area (Å²) in [6.07, 6.45) is 0.152. The van der Waals surface area contributed by atoms with Crippen molar-refractivity contribution in [3.63, 3.8) is 0 Å². The lowest BCUT2D eigenvalue weighted by Crippen LogP contribution is -2.44. The molecule has 10 heteroatoms. The third-order valence-electron chi connectivity index (χ3n) is 5.81. The van der Waals surface area contributed by atoms with Gasteiger partial charge in [-0.15, -0.1) is 0 Å². The molecule has 4 aromatic rings. The van der Waals surface area contributed by atoms with E-state index in [0.29, 0.717) is 11.2 Å². The number of fused-ring (bicyclic) bond motifs is 1. The van der Waals surface area contributed by atoms with E-state index < -0.39 is 11.9 Å². The number of aromatic nitrogens is 4. The van der Waals surface area contributed by atoms with Gasteiger partial charge in [-0.05, 0) is 31.3 Å². The van der Waals surface area contributed by atoms with Gasteiger partial charge < -0.3 is 15.1 Å².